The second-order valence-electron chi connectivity index (χ2n) is 8.14. The van der Waals surface area contributed by atoms with Crippen LogP contribution >= 0.6 is 11.8 Å². The van der Waals surface area contributed by atoms with Gasteiger partial charge in [0.25, 0.3) is 0 Å². The van der Waals surface area contributed by atoms with Crippen molar-refractivity contribution >= 4 is 35.7 Å². The molecule has 3 heterocycles. The average molecular weight is 548 g/mol. The molecule has 0 radical (unpaired) electrons. The van der Waals surface area contributed by atoms with Crippen LogP contribution in [0.2, 0.25) is 0 Å². The van der Waals surface area contributed by atoms with E-state index in [0.29, 0.717) is 5.16 Å². The minimum Gasteiger partial charge on any atom is -0.456 e. The summed E-state index contributed by atoms with van der Waals surface area (Å²) in [5, 5.41) is 23.2. The molecular formula is C22H25N7O8S. The van der Waals surface area contributed by atoms with Crippen LogP contribution in [0, 0.1) is 6.92 Å². The number of benzene rings is 1. The maximum Gasteiger partial charge on any atom is 0.317 e. The zero-order chi connectivity index (χ0) is 27.2. The summed E-state index contributed by atoms with van der Waals surface area (Å²) in [6.45, 7) is 5.38. The molecule has 38 heavy (non-hydrogen) atoms. The van der Waals surface area contributed by atoms with Gasteiger partial charge in [-0.1, -0.05) is 35.1 Å². The molecule has 4 atom stereocenters. The maximum atomic E-state index is 11.8. The molecule has 16 heteroatoms. The SMILES string of the molecule is CC(=O)O[C@@H]1[C@@H](OC(C)=O)[C@H](OC(C)=O)CO[C@H]1Nc1nnc(CSc2nnnn2-c2ccccc2C)o1. The zero-order valence-corrected chi connectivity index (χ0v) is 21.7. The minimum atomic E-state index is -1.18. The number of para-hydroxylation sites is 1. The van der Waals surface area contributed by atoms with Crippen molar-refractivity contribution in [2.75, 3.05) is 11.9 Å². The number of nitrogens with zero attached hydrogens (tertiary/aromatic N) is 6. The Morgan fingerprint density at radius 3 is 2.45 bits per heavy atom. The van der Waals surface area contributed by atoms with Gasteiger partial charge in [-0.3, -0.25) is 14.4 Å². The molecule has 1 aliphatic rings. The Hall–Kier alpha value is -4.05. The summed E-state index contributed by atoms with van der Waals surface area (Å²) < 4.78 is 28.9. The Balaban J connectivity index is 1.45. The Kier molecular flexibility index (Phi) is 8.52. The van der Waals surface area contributed by atoms with Gasteiger partial charge in [-0.05, 0) is 29.0 Å². The predicted molar refractivity (Wildman–Crippen MR) is 128 cm³/mol. The van der Waals surface area contributed by atoms with Crippen LogP contribution in [0.5, 0.6) is 0 Å². The average Bonchev–Trinajstić information content (AvgIpc) is 3.50. The number of hydrogen-bond acceptors (Lipinski definition) is 15. The molecule has 0 spiro atoms. The first-order chi connectivity index (χ1) is 18.2. The van der Waals surface area contributed by atoms with Crippen molar-refractivity contribution in [3.63, 3.8) is 0 Å². The Bertz CT molecular complexity index is 1300. The van der Waals surface area contributed by atoms with Gasteiger partial charge in [-0.15, -0.1) is 10.2 Å². The summed E-state index contributed by atoms with van der Waals surface area (Å²) in [4.78, 5) is 35.0. The number of esters is 3. The number of nitrogens with one attached hydrogen (secondary N) is 1. The van der Waals surface area contributed by atoms with Gasteiger partial charge < -0.3 is 28.7 Å². The summed E-state index contributed by atoms with van der Waals surface area (Å²) in [6.07, 6.45) is -4.36. The van der Waals surface area contributed by atoms with Crippen LogP contribution in [0.3, 0.4) is 0 Å². The molecular weight excluding hydrogens is 522 g/mol. The van der Waals surface area contributed by atoms with Crippen LogP contribution in [-0.4, -0.2) is 79.5 Å². The third-order valence-corrected chi connectivity index (χ3v) is 6.10. The van der Waals surface area contributed by atoms with E-state index in [2.05, 4.69) is 31.0 Å². The molecule has 1 fully saturated rings. The van der Waals surface area contributed by atoms with E-state index < -0.39 is 42.4 Å². The van der Waals surface area contributed by atoms with Gasteiger partial charge in [0.15, 0.2) is 24.5 Å². The van der Waals surface area contributed by atoms with Gasteiger partial charge in [0.2, 0.25) is 11.0 Å². The lowest BCUT2D eigenvalue weighted by Gasteiger charge is -2.40. The van der Waals surface area contributed by atoms with Crippen LogP contribution in [0.4, 0.5) is 6.01 Å². The number of ether oxygens (including phenoxy) is 4. The van der Waals surface area contributed by atoms with Crippen LogP contribution in [0.25, 0.3) is 5.69 Å². The van der Waals surface area contributed by atoms with Gasteiger partial charge in [-0.25, -0.2) is 0 Å². The van der Waals surface area contributed by atoms with E-state index in [4.69, 9.17) is 23.4 Å². The number of aromatic nitrogens is 6. The third kappa shape index (κ3) is 6.63. The largest absolute Gasteiger partial charge is 0.456 e. The third-order valence-electron chi connectivity index (χ3n) is 5.19. The molecule has 4 rings (SSSR count). The molecule has 1 saturated heterocycles. The lowest BCUT2D eigenvalue weighted by Crippen LogP contribution is -2.59. The van der Waals surface area contributed by atoms with E-state index in [0.717, 1.165) is 11.3 Å². The van der Waals surface area contributed by atoms with Gasteiger partial charge in [0.1, 0.15) is 0 Å². The highest BCUT2D eigenvalue weighted by Gasteiger charge is 2.47. The summed E-state index contributed by atoms with van der Waals surface area (Å²) in [6, 6.07) is 7.65. The van der Waals surface area contributed by atoms with Gasteiger partial charge in [0.05, 0.1) is 18.0 Å². The van der Waals surface area contributed by atoms with Crippen molar-refractivity contribution in [3.05, 3.63) is 35.7 Å². The first-order valence-electron chi connectivity index (χ1n) is 11.4. The quantitative estimate of drug-likeness (QED) is 0.229. The van der Waals surface area contributed by atoms with E-state index >= 15 is 0 Å². The van der Waals surface area contributed by atoms with Gasteiger partial charge in [-0.2, -0.15) is 4.68 Å². The van der Waals surface area contributed by atoms with Crippen LogP contribution in [-0.2, 0) is 39.1 Å². The lowest BCUT2D eigenvalue weighted by atomic mass is 10.0. The highest BCUT2D eigenvalue weighted by molar-refractivity contribution is 7.98. The second kappa shape index (κ2) is 12.0. The lowest BCUT2D eigenvalue weighted by molar-refractivity contribution is -0.221. The first kappa shape index (κ1) is 27.0. The fraction of sp³-hybridized carbons (Fsp3) is 0.455. The topological polar surface area (TPSA) is 183 Å². The smallest absolute Gasteiger partial charge is 0.317 e. The molecule has 0 amide bonds. The van der Waals surface area contributed by atoms with Crippen molar-refractivity contribution in [2.45, 2.75) is 63.1 Å². The number of tetrazole rings is 1. The number of carbonyl (C=O) groups is 3. The summed E-state index contributed by atoms with van der Waals surface area (Å²) in [5.41, 5.74) is 1.84. The molecule has 2 aromatic heterocycles. The van der Waals surface area contributed by atoms with E-state index in [1.807, 2.05) is 31.2 Å². The summed E-state index contributed by atoms with van der Waals surface area (Å²) >= 11 is 1.29. The maximum absolute atomic E-state index is 11.8. The zero-order valence-electron chi connectivity index (χ0n) is 20.9. The number of rotatable bonds is 9. The van der Waals surface area contributed by atoms with Crippen molar-refractivity contribution < 1.29 is 37.7 Å². The fourth-order valence-corrected chi connectivity index (χ4v) is 4.43. The summed E-state index contributed by atoms with van der Waals surface area (Å²) in [7, 11) is 0. The van der Waals surface area contributed by atoms with Crippen molar-refractivity contribution in [1.29, 1.82) is 0 Å². The molecule has 1 aliphatic heterocycles. The van der Waals surface area contributed by atoms with Crippen LogP contribution in [0.15, 0.2) is 33.8 Å². The first-order valence-corrected chi connectivity index (χ1v) is 12.4. The van der Waals surface area contributed by atoms with E-state index in [9.17, 15) is 14.4 Å². The molecule has 3 aromatic rings. The number of anilines is 1. The van der Waals surface area contributed by atoms with E-state index in [-0.39, 0.29) is 24.3 Å². The minimum absolute atomic E-state index is 0.0336. The number of aryl methyl sites for hydroxylation is 1. The predicted octanol–water partition coefficient (Wildman–Crippen LogP) is 1.21. The molecule has 1 aromatic carbocycles. The Labute approximate surface area is 220 Å². The van der Waals surface area contributed by atoms with Gasteiger partial charge in [0, 0.05) is 20.8 Å². The molecule has 202 valence electrons. The normalized spacial score (nSPS) is 20.9. The van der Waals surface area contributed by atoms with Crippen LogP contribution in [0.1, 0.15) is 32.2 Å². The molecule has 0 unspecified atom stereocenters. The molecule has 0 bridgehead atoms. The monoisotopic (exact) mass is 547 g/mol. The second-order valence-corrected chi connectivity index (χ2v) is 9.09. The fourth-order valence-electron chi connectivity index (χ4n) is 3.70. The van der Waals surface area contributed by atoms with Gasteiger partial charge >= 0.3 is 23.9 Å². The Morgan fingerprint density at radius 1 is 1.03 bits per heavy atom. The number of carbonyl (C=O) groups excluding carboxylic acids is 3. The number of thioether (sulfide) groups is 1. The van der Waals surface area contributed by atoms with E-state index in [1.54, 1.807) is 4.68 Å². The van der Waals surface area contributed by atoms with Crippen molar-refractivity contribution in [2.24, 2.45) is 0 Å². The Morgan fingerprint density at radius 2 is 1.74 bits per heavy atom. The molecule has 1 N–H and O–H groups in total. The summed E-state index contributed by atoms with van der Waals surface area (Å²) in [5.74, 6) is -1.43. The van der Waals surface area contributed by atoms with Crippen molar-refractivity contribution in [3.8, 4) is 5.69 Å². The highest BCUT2D eigenvalue weighted by atomic mass is 32.2. The van der Waals surface area contributed by atoms with Crippen molar-refractivity contribution in [1.82, 2.24) is 30.4 Å². The molecule has 0 aliphatic carbocycles. The standard InChI is InChI=1S/C22H25N7O8S/c1-11-7-5-6-8-15(11)29-22(26-27-28-29)38-10-17-24-25-21(37-17)23-20-19(36-14(4)32)18(35-13(3)31)16(9-33-20)34-12(2)30/h5-8,16,18-20H,9-10H2,1-4H3,(H,23,25)/t16-,18+,19-,20-/m1/s1. The molecule has 15 nitrogen and oxygen atoms in total. The number of hydrogen-bond donors (Lipinski definition) is 1. The molecule has 0 saturated carbocycles. The highest BCUT2D eigenvalue weighted by Crippen LogP contribution is 2.27. The van der Waals surface area contributed by atoms with Crippen LogP contribution < -0.4 is 5.32 Å². The van der Waals surface area contributed by atoms with E-state index in [1.165, 1.54) is 32.5 Å².